The monoisotopic (exact) mass is 235 g/mol. The van der Waals surface area contributed by atoms with Crippen molar-refractivity contribution in [1.29, 1.82) is 0 Å². The van der Waals surface area contributed by atoms with Gasteiger partial charge in [0.2, 0.25) is 0 Å². The number of halogens is 2. The lowest BCUT2D eigenvalue weighted by molar-refractivity contribution is 0.305. The molecular weight excluding hydrogens is 227 g/mol. The van der Waals surface area contributed by atoms with Crippen molar-refractivity contribution in [3.63, 3.8) is 0 Å². The molecule has 0 aromatic heterocycles. The number of hydrogen-bond acceptors (Lipinski definition) is 1. The zero-order valence-corrected chi connectivity index (χ0v) is 9.17. The largest absolute Gasteiger partial charge is 0.489 e. The summed E-state index contributed by atoms with van der Waals surface area (Å²) in [6.07, 6.45) is 0. The first-order valence-electron chi connectivity index (χ1n) is 4.78. The van der Waals surface area contributed by atoms with Gasteiger partial charge in [0.25, 0.3) is 0 Å². The van der Waals surface area contributed by atoms with Crippen LogP contribution >= 0.6 is 11.6 Å². The van der Waals surface area contributed by atoms with Crippen molar-refractivity contribution >= 4 is 11.6 Å². The first-order valence-corrected chi connectivity index (χ1v) is 5.16. The molecule has 1 radical (unpaired) electrons. The Labute approximate surface area is 98.4 Å². The van der Waals surface area contributed by atoms with E-state index in [4.69, 9.17) is 16.3 Å². The molecule has 3 heteroatoms. The summed E-state index contributed by atoms with van der Waals surface area (Å²) in [5, 5.41) is 0.504. The molecule has 0 aliphatic rings. The second kappa shape index (κ2) is 4.99. The molecular formula is C13H9ClFO. The molecule has 81 valence electrons. The second-order valence-corrected chi connectivity index (χ2v) is 3.67. The zero-order valence-electron chi connectivity index (χ0n) is 8.41. The van der Waals surface area contributed by atoms with E-state index in [0.29, 0.717) is 16.3 Å². The van der Waals surface area contributed by atoms with Crippen molar-refractivity contribution in [3.8, 4) is 5.75 Å². The lowest BCUT2D eigenvalue weighted by Crippen LogP contribution is -1.96. The Balaban J connectivity index is 2.08. The van der Waals surface area contributed by atoms with E-state index >= 15 is 0 Å². The maximum Gasteiger partial charge on any atom is 0.123 e. The molecule has 2 aromatic carbocycles. The van der Waals surface area contributed by atoms with Crippen LogP contribution in [0.5, 0.6) is 5.75 Å². The maximum atomic E-state index is 13.0. The summed E-state index contributed by atoms with van der Waals surface area (Å²) >= 11 is 5.91. The average molecular weight is 236 g/mol. The maximum absolute atomic E-state index is 13.0. The van der Waals surface area contributed by atoms with E-state index in [-0.39, 0.29) is 12.4 Å². The van der Waals surface area contributed by atoms with Gasteiger partial charge in [-0.15, -0.1) is 0 Å². The highest BCUT2D eigenvalue weighted by Crippen LogP contribution is 2.19. The summed E-state index contributed by atoms with van der Waals surface area (Å²) in [4.78, 5) is 0. The fraction of sp³-hybridized carbons (Fsp3) is 0.0769. The normalized spacial score (nSPS) is 10.1. The molecule has 0 saturated carbocycles. The summed E-state index contributed by atoms with van der Waals surface area (Å²) in [6, 6.07) is 14.2. The van der Waals surface area contributed by atoms with Crippen LogP contribution in [0.1, 0.15) is 5.56 Å². The smallest absolute Gasteiger partial charge is 0.123 e. The molecule has 0 heterocycles. The molecule has 0 fully saturated rings. The Morgan fingerprint density at radius 1 is 1.19 bits per heavy atom. The van der Waals surface area contributed by atoms with Crippen molar-refractivity contribution in [2.24, 2.45) is 0 Å². The van der Waals surface area contributed by atoms with Crippen LogP contribution in [0.25, 0.3) is 0 Å². The van der Waals surface area contributed by atoms with Crippen LogP contribution in [0.15, 0.2) is 42.5 Å². The topological polar surface area (TPSA) is 9.23 Å². The van der Waals surface area contributed by atoms with Crippen molar-refractivity contribution in [2.75, 3.05) is 0 Å². The molecule has 0 N–H and O–H groups in total. The highest BCUT2D eigenvalue weighted by molar-refractivity contribution is 6.31. The third kappa shape index (κ3) is 2.74. The molecule has 1 nitrogen and oxygen atoms in total. The van der Waals surface area contributed by atoms with E-state index in [1.807, 2.05) is 0 Å². The zero-order chi connectivity index (χ0) is 11.4. The van der Waals surface area contributed by atoms with E-state index in [0.717, 1.165) is 0 Å². The van der Waals surface area contributed by atoms with E-state index in [9.17, 15) is 4.39 Å². The van der Waals surface area contributed by atoms with Crippen molar-refractivity contribution in [2.45, 2.75) is 6.61 Å². The molecule has 16 heavy (non-hydrogen) atoms. The number of benzene rings is 2. The first kappa shape index (κ1) is 11.0. The van der Waals surface area contributed by atoms with Gasteiger partial charge in [-0.25, -0.2) is 4.39 Å². The van der Waals surface area contributed by atoms with Gasteiger partial charge in [0, 0.05) is 10.6 Å². The Hall–Kier alpha value is -1.54. The van der Waals surface area contributed by atoms with E-state index < -0.39 is 0 Å². The minimum absolute atomic E-state index is 0.251. The van der Waals surface area contributed by atoms with Crippen LogP contribution in [0.4, 0.5) is 4.39 Å². The molecule has 0 aliphatic carbocycles. The van der Waals surface area contributed by atoms with Crippen molar-refractivity contribution < 1.29 is 9.13 Å². The average Bonchev–Trinajstić information content (AvgIpc) is 2.32. The number of hydrogen-bond donors (Lipinski definition) is 0. The molecule has 0 atom stereocenters. The van der Waals surface area contributed by atoms with Crippen LogP contribution in [0.2, 0.25) is 5.02 Å². The van der Waals surface area contributed by atoms with Gasteiger partial charge >= 0.3 is 0 Å². The quantitative estimate of drug-likeness (QED) is 0.785. The van der Waals surface area contributed by atoms with Crippen LogP contribution in [-0.2, 0) is 6.61 Å². The standard InChI is InChI=1S/C13H9ClFO/c14-13-7-6-11(15)8-10(13)9-16-12-4-2-1-3-5-12/h2-8H,9H2. The third-order valence-electron chi connectivity index (χ3n) is 2.09. The van der Waals surface area contributed by atoms with E-state index in [1.165, 1.54) is 18.2 Å². The minimum Gasteiger partial charge on any atom is -0.489 e. The molecule has 0 saturated heterocycles. The third-order valence-corrected chi connectivity index (χ3v) is 2.46. The SMILES string of the molecule is Fc1ccc(Cl)c(COc2cc[c]cc2)c1. The predicted octanol–water partition coefficient (Wildman–Crippen LogP) is 3.86. The Morgan fingerprint density at radius 3 is 2.69 bits per heavy atom. The highest BCUT2D eigenvalue weighted by Gasteiger charge is 2.02. The fourth-order valence-corrected chi connectivity index (χ4v) is 1.45. The van der Waals surface area contributed by atoms with Crippen LogP contribution in [0.3, 0.4) is 0 Å². The van der Waals surface area contributed by atoms with Gasteiger partial charge in [-0.05, 0) is 36.4 Å². The molecule has 0 aliphatic heterocycles. The minimum atomic E-state index is -0.315. The molecule has 0 unspecified atom stereocenters. The Kier molecular flexibility index (Phi) is 3.42. The van der Waals surface area contributed by atoms with Gasteiger partial charge in [-0.3, -0.25) is 0 Å². The van der Waals surface area contributed by atoms with E-state index in [1.54, 1.807) is 24.3 Å². The van der Waals surface area contributed by atoms with Crippen molar-refractivity contribution in [3.05, 3.63) is 64.9 Å². The van der Waals surface area contributed by atoms with Gasteiger partial charge in [0.05, 0.1) is 0 Å². The van der Waals surface area contributed by atoms with Gasteiger partial charge in [-0.2, -0.15) is 0 Å². The number of ether oxygens (including phenoxy) is 1. The van der Waals surface area contributed by atoms with Crippen LogP contribution in [0, 0.1) is 11.9 Å². The summed E-state index contributed by atoms with van der Waals surface area (Å²) in [7, 11) is 0. The summed E-state index contributed by atoms with van der Waals surface area (Å²) < 4.78 is 18.4. The molecule has 0 spiro atoms. The predicted molar refractivity (Wildman–Crippen MR) is 61.0 cm³/mol. The molecule has 0 amide bonds. The molecule has 2 aromatic rings. The van der Waals surface area contributed by atoms with Gasteiger partial charge in [-0.1, -0.05) is 23.7 Å². The summed E-state index contributed by atoms with van der Waals surface area (Å²) in [5.74, 6) is 0.392. The molecule has 0 bridgehead atoms. The lowest BCUT2D eigenvalue weighted by atomic mass is 10.2. The summed E-state index contributed by atoms with van der Waals surface area (Å²) in [6.45, 7) is 0.251. The van der Waals surface area contributed by atoms with Gasteiger partial charge in [0.15, 0.2) is 0 Å². The van der Waals surface area contributed by atoms with Crippen LogP contribution < -0.4 is 4.74 Å². The van der Waals surface area contributed by atoms with Gasteiger partial charge in [0.1, 0.15) is 18.2 Å². The second-order valence-electron chi connectivity index (χ2n) is 3.26. The fourth-order valence-electron chi connectivity index (χ4n) is 1.28. The Morgan fingerprint density at radius 2 is 1.94 bits per heavy atom. The number of rotatable bonds is 3. The first-order chi connectivity index (χ1) is 7.75. The van der Waals surface area contributed by atoms with Crippen LogP contribution in [-0.4, -0.2) is 0 Å². The van der Waals surface area contributed by atoms with Gasteiger partial charge < -0.3 is 4.74 Å². The van der Waals surface area contributed by atoms with Crippen molar-refractivity contribution in [1.82, 2.24) is 0 Å². The summed E-state index contributed by atoms with van der Waals surface area (Å²) in [5.41, 5.74) is 0.634. The lowest BCUT2D eigenvalue weighted by Gasteiger charge is -2.07. The Bertz CT molecular complexity index is 471. The van der Waals surface area contributed by atoms with E-state index in [2.05, 4.69) is 6.07 Å². The molecule has 2 rings (SSSR count). The highest BCUT2D eigenvalue weighted by atomic mass is 35.5.